The number of amides is 1. The van der Waals surface area contributed by atoms with Crippen LogP contribution in [-0.2, 0) is 9.53 Å². The lowest BCUT2D eigenvalue weighted by atomic mass is 10.0. The third-order valence-corrected chi connectivity index (χ3v) is 5.91. The minimum atomic E-state index is -0.619. The molecular weight excluding hydrogens is 420 g/mol. The van der Waals surface area contributed by atoms with Crippen LogP contribution < -0.4 is 0 Å². The van der Waals surface area contributed by atoms with E-state index in [1.807, 2.05) is 30.0 Å². The number of benzene rings is 1. The average molecular weight is 443 g/mol. The largest absolute Gasteiger partial charge is 0.468 e. The lowest BCUT2D eigenvalue weighted by molar-refractivity contribution is -0.148. The standard InChI is InChI=1S/C22H23ClN4O4/c1-13-12-16(18-14(2)25-31-20(18)24-13)21(28)27-10-8-26(9-11-27)19(22(29)30-3)15-6-4-5-7-17(15)23/h4-7,12,19H,8-11H2,1-3H3. The van der Waals surface area contributed by atoms with Gasteiger partial charge in [0, 0.05) is 36.9 Å². The van der Waals surface area contributed by atoms with Crippen molar-refractivity contribution in [3.05, 3.63) is 57.9 Å². The van der Waals surface area contributed by atoms with E-state index in [-0.39, 0.29) is 11.9 Å². The number of rotatable bonds is 4. The van der Waals surface area contributed by atoms with Crippen LogP contribution in [-0.4, -0.2) is 65.1 Å². The van der Waals surface area contributed by atoms with E-state index in [0.717, 1.165) is 0 Å². The van der Waals surface area contributed by atoms with Gasteiger partial charge in [0.25, 0.3) is 11.6 Å². The summed E-state index contributed by atoms with van der Waals surface area (Å²) in [5, 5.41) is 5.10. The maximum absolute atomic E-state index is 13.3. The van der Waals surface area contributed by atoms with Gasteiger partial charge in [-0.2, -0.15) is 0 Å². The van der Waals surface area contributed by atoms with Crippen molar-refractivity contribution in [1.82, 2.24) is 19.9 Å². The molecule has 3 aromatic rings. The third-order valence-electron chi connectivity index (χ3n) is 5.57. The summed E-state index contributed by atoms with van der Waals surface area (Å²) < 4.78 is 10.3. The van der Waals surface area contributed by atoms with Crippen LogP contribution in [0.4, 0.5) is 0 Å². The molecule has 9 heteroatoms. The number of methoxy groups -OCH3 is 1. The van der Waals surface area contributed by atoms with Crippen LogP contribution in [0.5, 0.6) is 0 Å². The average Bonchev–Trinajstić information content (AvgIpc) is 3.15. The molecule has 1 amide bonds. The fourth-order valence-electron chi connectivity index (χ4n) is 4.02. The molecule has 0 aliphatic carbocycles. The van der Waals surface area contributed by atoms with Crippen molar-refractivity contribution >= 4 is 34.6 Å². The van der Waals surface area contributed by atoms with Crippen molar-refractivity contribution in [2.75, 3.05) is 33.3 Å². The normalized spacial score (nSPS) is 15.8. The van der Waals surface area contributed by atoms with Crippen LogP contribution in [0.1, 0.15) is 33.4 Å². The summed E-state index contributed by atoms with van der Waals surface area (Å²) >= 11 is 6.35. The molecule has 1 atom stereocenters. The summed E-state index contributed by atoms with van der Waals surface area (Å²) in [7, 11) is 1.37. The Kier molecular flexibility index (Phi) is 5.93. The predicted octanol–water partition coefficient (Wildman–Crippen LogP) is 3.17. The number of aryl methyl sites for hydroxylation is 2. The van der Waals surface area contributed by atoms with Gasteiger partial charge >= 0.3 is 5.97 Å². The van der Waals surface area contributed by atoms with E-state index >= 15 is 0 Å². The van der Waals surface area contributed by atoms with Gasteiger partial charge in [-0.05, 0) is 31.5 Å². The SMILES string of the molecule is COC(=O)C(c1ccccc1Cl)N1CCN(C(=O)c2cc(C)nc3onc(C)c23)CC1. The smallest absolute Gasteiger partial charge is 0.327 e. The van der Waals surface area contributed by atoms with Gasteiger partial charge in [-0.3, -0.25) is 9.69 Å². The van der Waals surface area contributed by atoms with Gasteiger partial charge < -0.3 is 14.2 Å². The summed E-state index contributed by atoms with van der Waals surface area (Å²) in [5.74, 6) is -0.478. The van der Waals surface area contributed by atoms with E-state index in [4.69, 9.17) is 20.9 Å². The van der Waals surface area contributed by atoms with E-state index in [0.29, 0.717) is 64.8 Å². The molecule has 1 aromatic carbocycles. The summed E-state index contributed by atoms with van der Waals surface area (Å²) in [5.41, 5.74) is 2.92. The highest BCUT2D eigenvalue weighted by molar-refractivity contribution is 6.31. The minimum Gasteiger partial charge on any atom is -0.468 e. The fourth-order valence-corrected chi connectivity index (χ4v) is 4.26. The number of carbonyl (C=O) groups excluding carboxylic acids is 2. The van der Waals surface area contributed by atoms with Crippen molar-refractivity contribution in [1.29, 1.82) is 0 Å². The maximum atomic E-state index is 13.3. The van der Waals surface area contributed by atoms with E-state index in [1.165, 1.54) is 7.11 Å². The van der Waals surface area contributed by atoms with E-state index < -0.39 is 6.04 Å². The Hall–Kier alpha value is -2.97. The number of piperazine rings is 1. The van der Waals surface area contributed by atoms with Crippen LogP contribution >= 0.6 is 11.6 Å². The monoisotopic (exact) mass is 442 g/mol. The molecule has 1 aliphatic heterocycles. The molecule has 1 saturated heterocycles. The molecule has 0 bridgehead atoms. The summed E-state index contributed by atoms with van der Waals surface area (Å²) in [4.78, 5) is 34.0. The number of carbonyl (C=O) groups is 2. The first-order valence-corrected chi connectivity index (χ1v) is 10.4. The van der Waals surface area contributed by atoms with E-state index in [2.05, 4.69) is 10.1 Å². The van der Waals surface area contributed by atoms with Gasteiger partial charge in [-0.1, -0.05) is 35.0 Å². The van der Waals surface area contributed by atoms with Gasteiger partial charge in [0.1, 0.15) is 6.04 Å². The second-order valence-corrected chi connectivity index (χ2v) is 7.94. The lowest BCUT2D eigenvalue weighted by Gasteiger charge is -2.38. The Labute approximate surface area is 184 Å². The molecule has 31 heavy (non-hydrogen) atoms. The number of aromatic nitrogens is 2. The highest BCUT2D eigenvalue weighted by Gasteiger charge is 2.34. The number of ether oxygens (including phenoxy) is 1. The molecule has 3 heterocycles. The first-order valence-electron chi connectivity index (χ1n) is 10.00. The second-order valence-electron chi connectivity index (χ2n) is 7.53. The number of hydrogen-bond donors (Lipinski definition) is 0. The zero-order valence-electron chi connectivity index (χ0n) is 17.6. The van der Waals surface area contributed by atoms with Gasteiger partial charge in [0.15, 0.2) is 0 Å². The number of fused-ring (bicyclic) bond motifs is 1. The lowest BCUT2D eigenvalue weighted by Crippen LogP contribution is -2.51. The quantitative estimate of drug-likeness (QED) is 0.573. The molecule has 0 spiro atoms. The Morgan fingerprint density at radius 1 is 1.16 bits per heavy atom. The van der Waals surface area contributed by atoms with Crippen molar-refractivity contribution in [2.45, 2.75) is 19.9 Å². The molecule has 1 aliphatic rings. The first kappa shape index (κ1) is 21.3. The second kappa shape index (κ2) is 8.64. The Morgan fingerprint density at radius 3 is 2.55 bits per heavy atom. The molecule has 0 saturated carbocycles. The highest BCUT2D eigenvalue weighted by Crippen LogP contribution is 2.30. The van der Waals surface area contributed by atoms with Crippen LogP contribution in [0.2, 0.25) is 5.02 Å². The van der Waals surface area contributed by atoms with Crippen LogP contribution in [0.3, 0.4) is 0 Å². The van der Waals surface area contributed by atoms with Crippen LogP contribution in [0.25, 0.3) is 11.1 Å². The minimum absolute atomic E-state index is 0.103. The highest BCUT2D eigenvalue weighted by atomic mass is 35.5. The summed E-state index contributed by atoms with van der Waals surface area (Å²) in [6.45, 7) is 5.55. The number of pyridine rings is 1. The third kappa shape index (κ3) is 4.00. The molecule has 8 nitrogen and oxygen atoms in total. The van der Waals surface area contributed by atoms with Crippen molar-refractivity contribution in [3.63, 3.8) is 0 Å². The zero-order chi connectivity index (χ0) is 22.1. The molecule has 1 fully saturated rings. The molecule has 0 N–H and O–H groups in total. The van der Waals surface area contributed by atoms with Crippen molar-refractivity contribution in [2.24, 2.45) is 0 Å². The van der Waals surface area contributed by atoms with Crippen LogP contribution in [0.15, 0.2) is 34.9 Å². The molecular formula is C22H23ClN4O4. The van der Waals surface area contributed by atoms with Gasteiger partial charge in [0.2, 0.25) is 0 Å². The van der Waals surface area contributed by atoms with E-state index in [9.17, 15) is 9.59 Å². The summed E-state index contributed by atoms with van der Waals surface area (Å²) in [6.07, 6.45) is 0. The zero-order valence-corrected chi connectivity index (χ0v) is 18.3. The maximum Gasteiger partial charge on any atom is 0.327 e. The summed E-state index contributed by atoms with van der Waals surface area (Å²) in [6, 6.07) is 8.39. The fraction of sp³-hybridized carbons (Fsp3) is 0.364. The molecule has 4 rings (SSSR count). The Morgan fingerprint density at radius 2 is 1.87 bits per heavy atom. The number of hydrogen-bond acceptors (Lipinski definition) is 7. The van der Waals surface area contributed by atoms with Gasteiger partial charge in [-0.25, -0.2) is 9.78 Å². The number of halogens is 1. The van der Waals surface area contributed by atoms with Crippen molar-refractivity contribution < 1.29 is 18.8 Å². The predicted molar refractivity (Wildman–Crippen MR) is 115 cm³/mol. The van der Waals surface area contributed by atoms with Crippen molar-refractivity contribution in [3.8, 4) is 0 Å². The molecule has 2 aromatic heterocycles. The van der Waals surface area contributed by atoms with E-state index in [1.54, 1.807) is 24.0 Å². The van der Waals surface area contributed by atoms with Gasteiger partial charge in [-0.15, -0.1) is 0 Å². The molecule has 162 valence electrons. The molecule has 1 unspecified atom stereocenters. The topological polar surface area (TPSA) is 88.8 Å². The first-order chi connectivity index (χ1) is 14.9. The van der Waals surface area contributed by atoms with Gasteiger partial charge in [0.05, 0.1) is 23.8 Å². The number of nitrogens with zero attached hydrogens (tertiary/aromatic N) is 4. The Balaban J connectivity index is 1.56. The molecule has 0 radical (unpaired) electrons. The number of esters is 1. The van der Waals surface area contributed by atoms with Crippen LogP contribution in [0, 0.1) is 13.8 Å². The Bertz CT molecular complexity index is 1140.